The summed E-state index contributed by atoms with van der Waals surface area (Å²) in [5.74, 6) is -0.00918. The van der Waals surface area contributed by atoms with Gasteiger partial charge in [-0.25, -0.2) is 0 Å². The molecule has 2 aromatic carbocycles. The molecule has 0 aliphatic rings. The van der Waals surface area contributed by atoms with Crippen molar-refractivity contribution in [2.24, 2.45) is 0 Å². The van der Waals surface area contributed by atoms with E-state index >= 15 is 0 Å². The molecule has 0 atom stereocenters. The van der Waals surface area contributed by atoms with Gasteiger partial charge in [0.05, 0.1) is 12.2 Å². The maximum Gasteiger partial charge on any atom is 0.259 e. The summed E-state index contributed by atoms with van der Waals surface area (Å²) in [4.78, 5) is 24.8. The van der Waals surface area contributed by atoms with Gasteiger partial charge in [0.25, 0.3) is 11.8 Å². The Kier molecular flexibility index (Phi) is 9.63. The highest BCUT2D eigenvalue weighted by atomic mass is 79.9. The van der Waals surface area contributed by atoms with E-state index < -0.39 is 0 Å². The molecule has 156 valence electrons. The lowest BCUT2D eigenvalue weighted by atomic mass is 10.1. The minimum absolute atomic E-state index is 0.167. The predicted octanol–water partition coefficient (Wildman–Crippen LogP) is 3.49. The van der Waals surface area contributed by atoms with E-state index in [-0.39, 0.29) is 11.8 Å². The molecule has 0 aromatic heterocycles. The van der Waals surface area contributed by atoms with Gasteiger partial charge in [-0.15, -0.1) is 0 Å². The van der Waals surface area contributed by atoms with Crippen LogP contribution in [0, 0.1) is 0 Å². The van der Waals surface area contributed by atoms with Crippen LogP contribution in [0.3, 0.4) is 0 Å². The number of halogens is 1. The second kappa shape index (κ2) is 12.2. The second-order valence-electron chi connectivity index (χ2n) is 6.12. The predicted molar refractivity (Wildman–Crippen MR) is 115 cm³/mol. The first-order valence-electron chi connectivity index (χ1n) is 9.15. The van der Waals surface area contributed by atoms with Crippen LogP contribution in [0.4, 0.5) is 5.69 Å². The average molecular weight is 465 g/mol. The summed E-state index contributed by atoms with van der Waals surface area (Å²) in [6.07, 6.45) is 0.748. The molecular formula is C21H25BrN2O5. The van der Waals surface area contributed by atoms with Gasteiger partial charge in [0.15, 0.2) is 0 Å². The fraction of sp³-hybridized carbons (Fsp3) is 0.333. The highest BCUT2D eigenvalue weighted by Crippen LogP contribution is 2.24. The van der Waals surface area contributed by atoms with Crippen LogP contribution in [-0.4, -0.2) is 52.4 Å². The first-order chi connectivity index (χ1) is 14.0. The molecule has 0 bridgehead atoms. The van der Waals surface area contributed by atoms with E-state index in [1.165, 1.54) is 0 Å². The summed E-state index contributed by atoms with van der Waals surface area (Å²) < 4.78 is 16.3. The van der Waals surface area contributed by atoms with Gasteiger partial charge in [0.2, 0.25) is 0 Å². The number of hydrogen-bond donors (Lipinski definition) is 2. The van der Waals surface area contributed by atoms with Crippen molar-refractivity contribution in [2.75, 3.05) is 45.9 Å². The van der Waals surface area contributed by atoms with E-state index in [0.717, 1.165) is 10.9 Å². The number of methoxy groups -OCH3 is 2. The molecule has 0 aliphatic heterocycles. The zero-order chi connectivity index (χ0) is 21.1. The minimum atomic E-state index is -0.310. The Balaban J connectivity index is 2.00. The van der Waals surface area contributed by atoms with Crippen molar-refractivity contribution in [1.82, 2.24) is 5.32 Å². The second-order valence-corrected chi connectivity index (χ2v) is 7.03. The zero-order valence-corrected chi connectivity index (χ0v) is 18.1. The molecular weight excluding hydrogens is 440 g/mol. The lowest BCUT2D eigenvalue weighted by Crippen LogP contribution is -2.25. The maximum absolute atomic E-state index is 12.7. The third-order valence-electron chi connectivity index (χ3n) is 3.95. The largest absolute Gasteiger partial charge is 0.490 e. The molecule has 2 aromatic rings. The number of benzene rings is 2. The van der Waals surface area contributed by atoms with Crippen LogP contribution >= 0.6 is 15.9 Å². The number of nitrogens with one attached hydrogen (secondary N) is 2. The first-order valence-corrected chi connectivity index (χ1v) is 9.94. The quantitative estimate of drug-likeness (QED) is 0.497. The van der Waals surface area contributed by atoms with Crippen molar-refractivity contribution in [2.45, 2.75) is 6.42 Å². The topological polar surface area (TPSA) is 85.9 Å². The summed E-state index contributed by atoms with van der Waals surface area (Å²) >= 11 is 3.38. The number of carbonyl (C=O) groups is 2. The maximum atomic E-state index is 12.7. The number of ether oxygens (including phenoxy) is 3. The minimum Gasteiger partial charge on any atom is -0.490 e. The van der Waals surface area contributed by atoms with Crippen LogP contribution in [0.5, 0.6) is 5.75 Å². The average Bonchev–Trinajstić information content (AvgIpc) is 2.72. The molecule has 0 fully saturated rings. The highest BCUT2D eigenvalue weighted by molar-refractivity contribution is 9.10. The Labute approximate surface area is 178 Å². The summed E-state index contributed by atoms with van der Waals surface area (Å²) in [6.45, 7) is 1.90. The molecule has 0 unspecified atom stereocenters. The molecule has 8 heteroatoms. The van der Waals surface area contributed by atoms with Crippen molar-refractivity contribution >= 4 is 33.4 Å². The van der Waals surface area contributed by atoms with E-state index in [1.807, 2.05) is 0 Å². The number of rotatable bonds is 11. The fourth-order valence-electron chi connectivity index (χ4n) is 2.46. The van der Waals surface area contributed by atoms with Crippen molar-refractivity contribution in [3.63, 3.8) is 0 Å². The molecule has 2 N–H and O–H groups in total. The van der Waals surface area contributed by atoms with E-state index in [0.29, 0.717) is 48.9 Å². The zero-order valence-electron chi connectivity index (χ0n) is 16.5. The molecule has 2 amide bonds. The first kappa shape index (κ1) is 22.9. The van der Waals surface area contributed by atoms with Crippen LogP contribution in [0.15, 0.2) is 46.9 Å². The standard InChI is InChI=1S/C21H25BrN2O5/c1-27-11-3-10-23-20(25)15-4-7-17(8-5-15)24-21(26)18-14-16(22)6-9-19(18)29-13-12-28-2/h4-9,14H,3,10-13H2,1-2H3,(H,23,25)(H,24,26). The summed E-state index contributed by atoms with van der Waals surface area (Å²) in [6, 6.07) is 11.9. The van der Waals surface area contributed by atoms with Gasteiger partial charge >= 0.3 is 0 Å². The third kappa shape index (κ3) is 7.49. The molecule has 0 spiro atoms. The Morgan fingerprint density at radius 2 is 1.66 bits per heavy atom. The summed E-state index contributed by atoms with van der Waals surface area (Å²) in [5, 5.41) is 5.64. The van der Waals surface area contributed by atoms with Gasteiger partial charge in [0, 0.05) is 43.1 Å². The summed E-state index contributed by atoms with van der Waals surface area (Å²) in [7, 11) is 3.21. The van der Waals surface area contributed by atoms with Crippen LogP contribution in [0.2, 0.25) is 0 Å². The number of anilines is 1. The van der Waals surface area contributed by atoms with E-state index in [2.05, 4.69) is 26.6 Å². The van der Waals surface area contributed by atoms with Gasteiger partial charge in [0.1, 0.15) is 12.4 Å². The van der Waals surface area contributed by atoms with Crippen LogP contribution in [0.1, 0.15) is 27.1 Å². The highest BCUT2D eigenvalue weighted by Gasteiger charge is 2.14. The van der Waals surface area contributed by atoms with Crippen LogP contribution in [-0.2, 0) is 9.47 Å². The molecule has 7 nitrogen and oxygen atoms in total. The Morgan fingerprint density at radius 3 is 2.34 bits per heavy atom. The number of carbonyl (C=O) groups excluding carboxylic acids is 2. The van der Waals surface area contributed by atoms with E-state index in [4.69, 9.17) is 14.2 Å². The van der Waals surface area contributed by atoms with Crippen molar-refractivity contribution < 1.29 is 23.8 Å². The van der Waals surface area contributed by atoms with Crippen LogP contribution in [0.25, 0.3) is 0 Å². The van der Waals surface area contributed by atoms with Gasteiger partial charge in [-0.3, -0.25) is 9.59 Å². The molecule has 0 saturated carbocycles. The molecule has 0 heterocycles. The monoisotopic (exact) mass is 464 g/mol. The van der Waals surface area contributed by atoms with Crippen LogP contribution < -0.4 is 15.4 Å². The SMILES string of the molecule is COCCCNC(=O)c1ccc(NC(=O)c2cc(Br)ccc2OCCOC)cc1. The van der Waals surface area contributed by atoms with Gasteiger partial charge < -0.3 is 24.8 Å². The normalized spacial score (nSPS) is 10.4. The third-order valence-corrected chi connectivity index (χ3v) is 4.44. The van der Waals surface area contributed by atoms with Gasteiger partial charge in [-0.1, -0.05) is 15.9 Å². The van der Waals surface area contributed by atoms with Gasteiger partial charge in [-0.2, -0.15) is 0 Å². The molecule has 2 rings (SSSR count). The Bertz CT molecular complexity index is 811. The Hall–Kier alpha value is -2.42. The number of amides is 2. The number of hydrogen-bond acceptors (Lipinski definition) is 5. The van der Waals surface area contributed by atoms with E-state index in [9.17, 15) is 9.59 Å². The fourth-order valence-corrected chi connectivity index (χ4v) is 2.83. The molecule has 0 saturated heterocycles. The Morgan fingerprint density at radius 1 is 0.931 bits per heavy atom. The summed E-state index contributed by atoms with van der Waals surface area (Å²) in [5.41, 5.74) is 1.50. The molecule has 29 heavy (non-hydrogen) atoms. The molecule has 0 aliphatic carbocycles. The van der Waals surface area contributed by atoms with Crippen molar-refractivity contribution in [3.05, 3.63) is 58.1 Å². The van der Waals surface area contributed by atoms with Crippen molar-refractivity contribution in [1.29, 1.82) is 0 Å². The lowest BCUT2D eigenvalue weighted by molar-refractivity contribution is 0.0948. The van der Waals surface area contributed by atoms with Crippen molar-refractivity contribution in [3.8, 4) is 5.75 Å². The van der Waals surface area contributed by atoms with E-state index in [1.54, 1.807) is 56.7 Å². The lowest BCUT2D eigenvalue weighted by Gasteiger charge is -2.12. The molecule has 0 radical (unpaired) electrons. The smallest absolute Gasteiger partial charge is 0.259 e. The van der Waals surface area contributed by atoms with Gasteiger partial charge in [-0.05, 0) is 48.9 Å².